The summed E-state index contributed by atoms with van der Waals surface area (Å²) < 4.78 is 1.98. The molecule has 6 nitrogen and oxygen atoms in total. The van der Waals surface area contributed by atoms with Crippen LogP contribution < -0.4 is 5.32 Å². The molecule has 0 atom stereocenters. The second-order valence-electron chi connectivity index (χ2n) is 7.72. The normalized spacial score (nSPS) is 14.2. The summed E-state index contributed by atoms with van der Waals surface area (Å²) in [5, 5.41) is 12.1. The average molecular weight is 422 g/mol. The molecule has 0 unspecified atom stereocenters. The Bertz CT molecular complexity index is 991. The van der Waals surface area contributed by atoms with E-state index >= 15 is 0 Å². The molecule has 0 aliphatic carbocycles. The first-order valence-electron chi connectivity index (χ1n) is 10.3. The largest absolute Gasteiger partial charge is 0.325 e. The monoisotopic (exact) mass is 421 g/mol. The number of aryl methyl sites for hydroxylation is 2. The molecule has 2 heterocycles. The van der Waals surface area contributed by atoms with Gasteiger partial charge >= 0.3 is 0 Å². The third-order valence-corrected chi connectivity index (χ3v) is 6.19. The zero-order valence-corrected chi connectivity index (χ0v) is 18.3. The van der Waals surface area contributed by atoms with Crippen molar-refractivity contribution in [1.82, 2.24) is 19.7 Å². The predicted molar refractivity (Wildman–Crippen MR) is 121 cm³/mol. The van der Waals surface area contributed by atoms with Gasteiger partial charge in [0.05, 0.1) is 5.75 Å². The van der Waals surface area contributed by atoms with Crippen molar-refractivity contribution in [2.75, 3.05) is 24.2 Å². The molecule has 156 valence electrons. The lowest BCUT2D eigenvalue weighted by molar-refractivity contribution is -0.113. The third-order valence-electron chi connectivity index (χ3n) is 5.26. The molecule has 30 heavy (non-hydrogen) atoms. The molecule has 1 aliphatic heterocycles. The summed E-state index contributed by atoms with van der Waals surface area (Å²) in [5.74, 6) is 1.03. The Morgan fingerprint density at radius 1 is 1.00 bits per heavy atom. The van der Waals surface area contributed by atoms with Gasteiger partial charge < -0.3 is 5.32 Å². The highest BCUT2D eigenvalue weighted by molar-refractivity contribution is 7.99. The van der Waals surface area contributed by atoms with Crippen LogP contribution in [0.1, 0.15) is 29.8 Å². The number of rotatable bonds is 7. The Kier molecular flexibility index (Phi) is 6.50. The van der Waals surface area contributed by atoms with Crippen molar-refractivity contribution in [2.45, 2.75) is 38.4 Å². The first-order valence-corrected chi connectivity index (χ1v) is 11.3. The smallest absolute Gasteiger partial charge is 0.234 e. The van der Waals surface area contributed by atoms with Crippen molar-refractivity contribution in [3.63, 3.8) is 0 Å². The van der Waals surface area contributed by atoms with Crippen molar-refractivity contribution in [3.05, 3.63) is 65.5 Å². The highest BCUT2D eigenvalue weighted by atomic mass is 32.2. The van der Waals surface area contributed by atoms with Gasteiger partial charge in [-0.25, -0.2) is 0 Å². The van der Waals surface area contributed by atoms with Gasteiger partial charge in [-0.2, -0.15) is 0 Å². The Morgan fingerprint density at radius 2 is 1.70 bits per heavy atom. The molecule has 7 heteroatoms. The van der Waals surface area contributed by atoms with E-state index in [1.165, 1.54) is 48.8 Å². The third kappa shape index (κ3) is 5.09. The standard InChI is InChI=1S/C23H27N5OS/c1-17-5-11-21(12-6-17)28-18(2)25-26-23(28)30-16-22(29)24-20-9-7-19(8-10-20)15-27-13-3-4-14-27/h5-12H,3-4,13-16H2,1-2H3,(H,24,29). The first kappa shape index (κ1) is 20.6. The maximum atomic E-state index is 12.5. The maximum Gasteiger partial charge on any atom is 0.234 e. The number of aromatic nitrogens is 3. The van der Waals surface area contributed by atoms with Gasteiger partial charge in [0.15, 0.2) is 5.16 Å². The van der Waals surface area contributed by atoms with Crippen molar-refractivity contribution in [3.8, 4) is 5.69 Å². The number of hydrogen-bond donors (Lipinski definition) is 1. The van der Waals surface area contributed by atoms with Gasteiger partial charge in [-0.15, -0.1) is 10.2 Å². The molecular weight excluding hydrogens is 394 g/mol. The van der Waals surface area contributed by atoms with Gasteiger partial charge in [-0.05, 0) is 69.6 Å². The Hall–Kier alpha value is -2.64. The van der Waals surface area contributed by atoms with Crippen LogP contribution >= 0.6 is 11.8 Å². The molecule has 0 saturated carbocycles. The summed E-state index contributed by atoms with van der Waals surface area (Å²) in [6.07, 6.45) is 2.59. The van der Waals surface area contributed by atoms with E-state index in [-0.39, 0.29) is 11.7 Å². The quantitative estimate of drug-likeness (QED) is 0.579. The number of nitrogens with one attached hydrogen (secondary N) is 1. The fraction of sp³-hybridized carbons (Fsp3) is 0.348. The van der Waals surface area contributed by atoms with Gasteiger partial charge in [-0.1, -0.05) is 41.6 Å². The first-order chi connectivity index (χ1) is 14.6. The number of benzene rings is 2. The van der Waals surface area contributed by atoms with Gasteiger partial charge in [0.1, 0.15) is 5.82 Å². The van der Waals surface area contributed by atoms with Crippen LogP contribution in [0, 0.1) is 13.8 Å². The molecule has 4 rings (SSSR count). The Labute approximate surface area is 181 Å². The summed E-state index contributed by atoms with van der Waals surface area (Å²) in [7, 11) is 0. The number of amides is 1. The van der Waals surface area contributed by atoms with Gasteiger partial charge in [0, 0.05) is 17.9 Å². The van der Waals surface area contributed by atoms with E-state index in [1.54, 1.807) is 0 Å². The lowest BCUT2D eigenvalue weighted by Crippen LogP contribution is -2.18. The van der Waals surface area contributed by atoms with E-state index < -0.39 is 0 Å². The minimum atomic E-state index is -0.0524. The van der Waals surface area contributed by atoms with E-state index in [0.717, 1.165) is 23.7 Å². The summed E-state index contributed by atoms with van der Waals surface area (Å²) in [4.78, 5) is 14.9. The number of carbonyl (C=O) groups is 1. The zero-order chi connectivity index (χ0) is 20.9. The zero-order valence-electron chi connectivity index (χ0n) is 17.5. The van der Waals surface area contributed by atoms with E-state index in [1.807, 2.05) is 35.8 Å². The summed E-state index contributed by atoms with van der Waals surface area (Å²) in [5.41, 5.74) is 4.30. The molecule has 1 fully saturated rings. The number of hydrogen-bond acceptors (Lipinski definition) is 5. The number of likely N-dealkylation sites (tertiary alicyclic amines) is 1. The molecular formula is C23H27N5OS. The minimum Gasteiger partial charge on any atom is -0.325 e. The highest BCUT2D eigenvalue weighted by Crippen LogP contribution is 2.22. The fourth-order valence-corrected chi connectivity index (χ4v) is 4.44. The lowest BCUT2D eigenvalue weighted by Gasteiger charge is -2.14. The van der Waals surface area contributed by atoms with Gasteiger partial charge in [0.2, 0.25) is 5.91 Å². The molecule has 3 aromatic rings. The molecule has 0 spiro atoms. The van der Waals surface area contributed by atoms with Crippen LogP contribution in [0.5, 0.6) is 0 Å². The topological polar surface area (TPSA) is 63.1 Å². The van der Waals surface area contributed by atoms with Crippen LogP contribution in [0.2, 0.25) is 0 Å². The van der Waals surface area contributed by atoms with Crippen molar-refractivity contribution in [2.24, 2.45) is 0 Å². The second-order valence-corrected chi connectivity index (χ2v) is 8.66. The number of carbonyl (C=O) groups excluding carboxylic acids is 1. The fourth-order valence-electron chi connectivity index (χ4n) is 3.65. The van der Waals surface area contributed by atoms with E-state index in [4.69, 9.17) is 0 Å². The van der Waals surface area contributed by atoms with E-state index in [9.17, 15) is 4.79 Å². The molecule has 1 N–H and O–H groups in total. The molecule has 1 amide bonds. The van der Waals surface area contributed by atoms with Crippen LogP contribution in [0.4, 0.5) is 5.69 Å². The molecule has 1 aromatic heterocycles. The molecule has 0 bridgehead atoms. The molecule has 1 aliphatic rings. The van der Waals surface area contributed by atoms with Crippen LogP contribution in [0.15, 0.2) is 53.7 Å². The predicted octanol–water partition coefficient (Wildman–Crippen LogP) is 4.21. The van der Waals surface area contributed by atoms with Crippen LogP contribution in [0.3, 0.4) is 0 Å². The van der Waals surface area contributed by atoms with Crippen LogP contribution in [0.25, 0.3) is 5.69 Å². The number of nitrogens with zero attached hydrogens (tertiary/aromatic N) is 4. The molecule has 0 radical (unpaired) electrons. The highest BCUT2D eigenvalue weighted by Gasteiger charge is 2.14. The average Bonchev–Trinajstić information content (AvgIpc) is 3.38. The molecule has 2 aromatic carbocycles. The lowest BCUT2D eigenvalue weighted by atomic mass is 10.2. The minimum absolute atomic E-state index is 0.0524. The maximum absolute atomic E-state index is 12.5. The van der Waals surface area contributed by atoms with Crippen molar-refractivity contribution >= 4 is 23.4 Å². The summed E-state index contributed by atoms with van der Waals surface area (Å²) >= 11 is 1.39. The van der Waals surface area contributed by atoms with Crippen molar-refractivity contribution < 1.29 is 4.79 Å². The molecule has 1 saturated heterocycles. The van der Waals surface area contributed by atoms with Crippen molar-refractivity contribution in [1.29, 1.82) is 0 Å². The Balaban J connectivity index is 1.33. The SMILES string of the molecule is Cc1ccc(-n2c(C)nnc2SCC(=O)Nc2ccc(CN3CCCC3)cc2)cc1. The Morgan fingerprint density at radius 3 is 2.40 bits per heavy atom. The van der Waals surface area contributed by atoms with Gasteiger partial charge in [0.25, 0.3) is 0 Å². The van der Waals surface area contributed by atoms with E-state index in [2.05, 4.69) is 51.6 Å². The van der Waals surface area contributed by atoms with Gasteiger partial charge in [-0.3, -0.25) is 14.3 Å². The summed E-state index contributed by atoms with van der Waals surface area (Å²) in [6.45, 7) is 7.32. The van der Waals surface area contributed by atoms with Crippen LogP contribution in [-0.2, 0) is 11.3 Å². The second kappa shape index (κ2) is 9.45. The number of anilines is 1. The summed E-state index contributed by atoms with van der Waals surface area (Å²) in [6, 6.07) is 16.3. The van der Waals surface area contributed by atoms with Crippen LogP contribution in [-0.4, -0.2) is 44.4 Å². The van der Waals surface area contributed by atoms with E-state index in [0.29, 0.717) is 5.16 Å². The number of thioether (sulfide) groups is 1.